The molecule has 0 aliphatic carbocycles. The van der Waals surface area contributed by atoms with Crippen LogP contribution < -0.4 is 20.5 Å². The molecule has 0 radical (unpaired) electrons. The summed E-state index contributed by atoms with van der Waals surface area (Å²) in [6, 6.07) is 3.65. The minimum atomic E-state index is -0.487. The molecule has 0 fully saturated rings. The van der Waals surface area contributed by atoms with Crippen LogP contribution in [-0.2, 0) is 0 Å². The molecule has 2 aromatic rings. The predicted molar refractivity (Wildman–Crippen MR) is 97.6 cm³/mol. The quantitative estimate of drug-likeness (QED) is 0.534. The fourth-order valence-corrected chi connectivity index (χ4v) is 2.56. The van der Waals surface area contributed by atoms with Crippen LogP contribution in [0.25, 0.3) is 0 Å². The van der Waals surface area contributed by atoms with Crippen molar-refractivity contribution in [2.75, 3.05) is 18.6 Å². The Labute approximate surface area is 152 Å². The number of rotatable bonds is 7. The Bertz CT molecular complexity index is 795. The van der Waals surface area contributed by atoms with E-state index in [1.54, 1.807) is 6.21 Å². The third-order valence-electron chi connectivity index (χ3n) is 2.81. The van der Waals surface area contributed by atoms with Gasteiger partial charge >= 0.3 is 0 Å². The average molecular weight is 416 g/mol. The lowest BCUT2D eigenvalue weighted by Crippen LogP contribution is -2.10. The molecule has 0 unspecified atom stereocenters. The number of hydrogen-bond donors (Lipinski definition) is 2. The zero-order chi connectivity index (χ0) is 17.5. The van der Waals surface area contributed by atoms with E-state index in [-0.39, 0.29) is 5.02 Å². The number of nitrogens with zero attached hydrogens (tertiary/aromatic N) is 2. The van der Waals surface area contributed by atoms with Gasteiger partial charge in [0.1, 0.15) is 10.7 Å². The van der Waals surface area contributed by atoms with Crippen molar-refractivity contribution < 1.29 is 9.47 Å². The Morgan fingerprint density at radius 3 is 2.83 bits per heavy atom. The third kappa shape index (κ3) is 4.48. The van der Waals surface area contributed by atoms with Crippen LogP contribution in [0.2, 0.25) is 5.02 Å². The first-order valence-electron chi connectivity index (χ1n) is 7.18. The zero-order valence-corrected chi connectivity index (χ0v) is 15.4. The molecule has 7 nitrogen and oxygen atoms in total. The number of aromatic amines is 1. The van der Waals surface area contributed by atoms with E-state index in [2.05, 4.69) is 36.7 Å². The highest BCUT2D eigenvalue weighted by Crippen LogP contribution is 2.36. The molecule has 0 amide bonds. The number of hydrazone groups is 1. The number of nitrogens with one attached hydrogen (secondary N) is 2. The zero-order valence-electron chi connectivity index (χ0n) is 13.1. The molecule has 0 bridgehead atoms. The summed E-state index contributed by atoms with van der Waals surface area (Å²) in [5.74, 6) is 1.26. The highest BCUT2D eigenvalue weighted by molar-refractivity contribution is 9.10. The lowest BCUT2D eigenvalue weighted by atomic mass is 10.2. The highest BCUT2D eigenvalue weighted by Gasteiger charge is 2.11. The molecule has 1 aromatic carbocycles. The molecule has 128 valence electrons. The van der Waals surface area contributed by atoms with Gasteiger partial charge in [-0.1, -0.05) is 11.6 Å². The molecule has 0 aliphatic heterocycles. The second kappa shape index (κ2) is 8.70. The summed E-state index contributed by atoms with van der Waals surface area (Å²) >= 11 is 9.32. The number of anilines is 1. The van der Waals surface area contributed by atoms with Crippen LogP contribution in [0.4, 0.5) is 5.69 Å². The molecule has 2 rings (SSSR count). The topological polar surface area (TPSA) is 88.6 Å². The summed E-state index contributed by atoms with van der Waals surface area (Å²) in [5, 5.41) is 9.94. The van der Waals surface area contributed by atoms with Crippen molar-refractivity contribution >= 4 is 39.4 Å². The fraction of sp³-hybridized carbons (Fsp3) is 0.267. The summed E-state index contributed by atoms with van der Waals surface area (Å²) in [5.41, 5.74) is 3.28. The molecule has 24 heavy (non-hydrogen) atoms. The molecule has 0 atom stereocenters. The van der Waals surface area contributed by atoms with Gasteiger partial charge in [-0.15, -0.1) is 0 Å². The van der Waals surface area contributed by atoms with Gasteiger partial charge in [-0.05, 0) is 47.5 Å². The smallest absolute Gasteiger partial charge is 0.285 e. The first-order chi connectivity index (χ1) is 11.6. The van der Waals surface area contributed by atoms with Crippen molar-refractivity contribution in [2.24, 2.45) is 5.10 Å². The van der Waals surface area contributed by atoms with Gasteiger partial charge in [-0.2, -0.15) is 10.2 Å². The van der Waals surface area contributed by atoms with Gasteiger partial charge in [-0.3, -0.25) is 10.2 Å². The minimum absolute atomic E-state index is 0.00923. The molecule has 0 saturated carbocycles. The number of H-pyrrole nitrogens is 1. The van der Waals surface area contributed by atoms with Crippen LogP contribution in [0.15, 0.2) is 32.7 Å². The molecule has 1 heterocycles. The lowest BCUT2D eigenvalue weighted by Gasteiger charge is -2.13. The van der Waals surface area contributed by atoms with Gasteiger partial charge in [0.05, 0.1) is 30.1 Å². The number of benzene rings is 1. The van der Waals surface area contributed by atoms with E-state index in [0.29, 0.717) is 30.4 Å². The Balaban J connectivity index is 2.22. The van der Waals surface area contributed by atoms with Crippen molar-refractivity contribution in [1.82, 2.24) is 10.2 Å². The van der Waals surface area contributed by atoms with Crippen LogP contribution in [0.5, 0.6) is 11.5 Å². The normalized spacial score (nSPS) is 10.8. The largest absolute Gasteiger partial charge is 0.490 e. The highest BCUT2D eigenvalue weighted by atomic mass is 79.9. The van der Waals surface area contributed by atoms with Gasteiger partial charge in [-0.25, -0.2) is 5.10 Å². The van der Waals surface area contributed by atoms with E-state index in [1.165, 1.54) is 6.20 Å². The summed E-state index contributed by atoms with van der Waals surface area (Å²) in [4.78, 5) is 11.4. The first-order valence-corrected chi connectivity index (χ1v) is 8.35. The van der Waals surface area contributed by atoms with E-state index in [1.807, 2.05) is 26.0 Å². The van der Waals surface area contributed by atoms with Crippen LogP contribution >= 0.6 is 27.5 Å². The standard InChI is InChI=1S/C15H16BrClN4O3/c1-3-23-12-6-9(5-10(16)14(12)24-4-2)7-18-20-11-8-19-21-15(22)13(11)17/h5-8H,3-4H2,1-2H3,(H2,20,21,22)/b18-7-. The third-order valence-corrected chi connectivity index (χ3v) is 3.78. The fourth-order valence-electron chi connectivity index (χ4n) is 1.85. The average Bonchev–Trinajstić information content (AvgIpc) is 2.55. The summed E-state index contributed by atoms with van der Waals surface area (Å²) in [7, 11) is 0. The maximum atomic E-state index is 11.4. The summed E-state index contributed by atoms with van der Waals surface area (Å²) in [6.07, 6.45) is 2.95. The van der Waals surface area contributed by atoms with Gasteiger partial charge < -0.3 is 9.47 Å². The first kappa shape index (κ1) is 18.3. The van der Waals surface area contributed by atoms with Crippen molar-refractivity contribution in [3.05, 3.63) is 43.7 Å². The summed E-state index contributed by atoms with van der Waals surface area (Å²) < 4.78 is 11.9. The maximum Gasteiger partial charge on any atom is 0.285 e. The van der Waals surface area contributed by atoms with Crippen LogP contribution in [0, 0.1) is 0 Å². The summed E-state index contributed by atoms with van der Waals surface area (Å²) in [6.45, 7) is 4.84. The van der Waals surface area contributed by atoms with Gasteiger partial charge in [0.2, 0.25) is 0 Å². The number of hydrogen-bond acceptors (Lipinski definition) is 6. The molecule has 1 aromatic heterocycles. The minimum Gasteiger partial charge on any atom is -0.490 e. The van der Waals surface area contributed by atoms with Gasteiger partial charge in [0, 0.05) is 0 Å². The molecular weight excluding hydrogens is 400 g/mol. The molecule has 0 spiro atoms. The molecule has 0 saturated heterocycles. The second-order valence-electron chi connectivity index (χ2n) is 4.49. The van der Waals surface area contributed by atoms with Crippen LogP contribution in [0.3, 0.4) is 0 Å². The predicted octanol–water partition coefficient (Wildman–Crippen LogP) is 3.43. The van der Waals surface area contributed by atoms with Crippen LogP contribution in [-0.4, -0.2) is 29.6 Å². The number of ether oxygens (including phenoxy) is 2. The second-order valence-corrected chi connectivity index (χ2v) is 5.73. The van der Waals surface area contributed by atoms with Crippen molar-refractivity contribution in [3.63, 3.8) is 0 Å². The SMILES string of the molecule is CCOc1cc(/C=N\Nc2cn[nH]c(=O)c2Cl)cc(Br)c1OCC. The number of halogens is 2. The monoisotopic (exact) mass is 414 g/mol. The van der Waals surface area contributed by atoms with E-state index < -0.39 is 5.56 Å². The molecular formula is C15H16BrClN4O3. The lowest BCUT2D eigenvalue weighted by molar-refractivity contribution is 0.286. The Morgan fingerprint density at radius 2 is 2.12 bits per heavy atom. The van der Waals surface area contributed by atoms with E-state index in [4.69, 9.17) is 21.1 Å². The Hall–Kier alpha value is -2.06. The van der Waals surface area contributed by atoms with E-state index in [0.717, 1.165) is 10.0 Å². The Morgan fingerprint density at radius 1 is 1.38 bits per heavy atom. The van der Waals surface area contributed by atoms with Crippen LogP contribution in [0.1, 0.15) is 19.4 Å². The molecule has 0 aliphatic rings. The van der Waals surface area contributed by atoms with Crippen molar-refractivity contribution in [3.8, 4) is 11.5 Å². The van der Waals surface area contributed by atoms with E-state index >= 15 is 0 Å². The van der Waals surface area contributed by atoms with Gasteiger partial charge in [0.25, 0.3) is 5.56 Å². The van der Waals surface area contributed by atoms with E-state index in [9.17, 15) is 4.79 Å². The molecule has 9 heteroatoms. The van der Waals surface area contributed by atoms with Crippen molar-refractivity contribution in [2.45, 2.75) is 13.8 Å². The van der Waals surface area contributed by atoms with Crippen molar-refractivity contribution in [1.29, 1.82) is 0 Å². The Kier molecular flexibility index (Phi) is 6.62. The van der Waals surface area contributed by atoms with Gasteiger partial charge in [0.15, 0.2) is 11.5 Å². The maximum absolute atomic E-state index is 11.4. The number of aromatic nitrogens is 2. The molecule has 2 N–H and O–H groups in total.